The Bertz CT molecular complexity index is 626. The van der Waals surface area contributed by atoms with Crippen LogP contribution in [0.3, 0.4) is 0 Å². The van der Waals surface area contributed by atoms with Crippen molar-refractivity contribution in [2.75, 3.05) is 26.2 Å². The normalized spacial score (nSPS) is 23.8. The second-order valence-corrected chi connectivity index (χ2v) is 6.82. The SMILES string of the molecule is O=C1CN(C(=O)CN(C2CC2)[C@H]2CCc3ccccc32)CCN1. The van der Waals surface area contributed by atoms with Gasteiger partial charge in [0.2, 0.25) is 11.8 Å². The minimum absolute atomic E-state index is 0.0474. The van der Waals surface area contributed by atoms with E-state index in [1.54, 1.807) is 4.90 Å². The molecular weight excluding hydrogens is 290 g/mol. The van der Waals surface area contributed by atoms with Crippen molar-refractivity contribution in [3.63, 3.8) is 0 Å². The fraction of sp³-hybridized carbons (Fsp3) is 0.556. The topological polar surface area (TPSA) is 52.7 Å². The van der Waals surface area contributed by atoms with E-state index in [-0.39, 0.29) is 18.4 Å². The lowest BCUT2D eigenvalue weighted by Crippen LogP contribution is -2.52. The van der Waals surface area contributed by atoms with Crippen LogP contribution in [-0.4, -0.2) is 53.8 Å². The van der Waals surface area contributed by atoms with Gasteiger partial charge >= 0.3 is 0 Å². The van der Waals surface area contributed by atoms with E-state index in [0.29, 0.717) is 31.7 Å². The zero-order valence-corrected chi connectivity index (χ0v) is 13.3. The molecule has 1 saturated heterocycles. The average molecular weight is 313 g/mol. The average Bonchev–Trinajstić information content (AvgIpc) is 3.32. The molecular formula is C18H23N3O2. The molecule has 0 unspecified atom stereocenters. The molecule has 1 N–H and O–H groups in total. The molecule has 1 atom stereocenters. The molecule has 23 heavy (non-hydrogen) atoms. The molecule has 5 nitrogen and oxygen atoms in total. The van der Waals surface area contributed by atoms with E-state index >= 15 is 0 Å². The van der Waals surface area contributed by atoms with Gasteiger partial charge in [0, 0.05) is 25.2 Å². The summed E-state index contributed by atoms with van der Waals surface area (Å²) in [6, 6.07) is 9.51. The maximum absolute atomic E-state index is 12.7. The summed E-state index contributed by atoms with van der Waals surface area (Å²) < 4.78 is 0. The summed E-state index contributed by atoms with van der Waals surface area (Å²) in [6.45, 7) is 1.85. The Labute approximate surface area is 136 Å². The van der Waals surface area contributed by atoms with Crippen LogP contribution in [0.4, 0.5) is 0 Å². The molecule has 2 amide bonds. The van der Waals surface area contributed by atoms with Gasteiger partial charge in [-0.15, -0.1) is 0 Å². The highest BCUT2D eigenvalue weighted by atomic mass is 16.2. The first-order chi connectivity index (χ1) is 11.2. The van der Waals surface area contributed by atoms with Crippen LogP contribution in [0.2, 0.25) is 0 Å². The van der Waals surface area contributed by atoms with E-state index in [1.807, 2.05) is 0 Å². The number of benzene rings is 1. The Morgan fingerprint density at radius 3 is 2.87 bits per heavy atom. The summed E-state index contributed by atoms with van der Waals surface area (Å²) in [5.41, 5.74) is 2.82. The van der Waals surface area contributed by atoms with Gasteiger partial charge in [0.1, 0.15) is 0 Å². The van der Waals surface area contributed by atoms with Gasteiger partial charge in [-0.2, -0.15) is 0 Å². The van der Waals surface area contributed by atoms with Crippen molar-refractivity contribution in [1.29, 1.82) is 0 Å². The summed E-state index contributed by atoms with van der Waals surface area (Å²) in [7, 11) is 0. The molecule has 5 heteroatoms. The summed E-state index contributed by atoms with van der Waals surface area (Å²) >= 11 is 0. The van der Waals surface area contributed by atoms with Crippen LogP contribution < -0.4 is 5.32 Å². The van der Waals surface area contributed by atoms with Crippen LogP contribution in [-0.2, 0) is 16.0 Å². The van der Waals surface area contributed by atoms with Crippen molar-refractivity contribution >= 4 is 11.8 Å². The number of piperazine rings is 1. The third-order valence-electron chi connectivity index (χ3n) is 5.23. The Kier molecular flexibility index (Phi) is 3.81. The van der Waals surface area contributed by atoms with E-state index in [9.17, 15) is 9.59 Å². The molecule has 0 radical (unpaired) electrons. The van der Waals surface area contributed by atoms with Crippen LogP contribution in [0.1, 0.15) is 36.4 Å². The zero-order chi connectivity index (χ0) is 15.8. The van der Waals surface area contributed by atoms with E-state index in [0.717, 1.165) is 12.8 Å². The molecule has 2 aliphatic carbocycles. The first-order valence-corrected chi connectivity index (χ1v) is 8.60. The van der Waals surface area contributed by atoms with Gasteiger partial charge < -0.3 is 10.2 Å². The predicted molar refractivity (Wildman–Crippen MR) is 86.8 cm³/mol. The summed E-state index contributed by atoms with van der Waals surface area (Å²) in [6.07, 6.45) is 4.58. The number of amides is 2. The van der Waals surface area contributed by atoms with Crippen LogP contribution >= 0.6 is 0 Å². The van der Waals surface area contributed by atoms with Crippen LogP contribution in [0.15, 0.2) is 24.3 Å². The molecule has 1 aromatic rings. The van der Waals surface area contributed by atoms with E-state index < -0.39 is 0 Å². The number of hydrogen-bond donors (Lipinski definition) is 1. The third-order valence-corrected chi connectivity index (χ3v) is 5.23. The smallest absolute Gasteiger partial charge is 0.239 e. The van der Waals surface area contributed by atoms with Gasteiger partial charge in [-0.25, -0.2) is 0 Å². The third kappa shape index (κ3) is 2.98. The highest BCUT2D eigenvalue weighted by molar-refractivity contribution is 5.86. The molecule has 4 rings (SSSR count). The van der Waals surface area contributed by atoms with Crippen LogP contribution in [0, 0.1) is 0 Å². The van der Waals surface area contributed by atoms with E-state index in [4.69, 9.17) is 0 Å². The number of carbonyl (C=O) groups is 2. The molecule has 3 aliphatic rings. The van der Waals surface area contributed by atoms with Gasteiger partial charge in [-0.1, -0.05) is 24.3 Å². The molecule has 1 aliphatic heterocycles. The molecule has 1 saturated carbocycles. The summed E-state index contributed by atoms with van der Waals surface area (Å²) in [5.74, 6) is 0.0462. The predicted octanol–water partition coefficient (Wildman–Crippen LogP) is 1.10. The summed E-state index contributed by atoms with van der Waals surface area (Å²) in [4.78, 5) is 28.3. The Balaban J connectivity index is 1.49. The fourth-order valence-corrected chi connectivity index (χ4v) is 3.89. The van der Waals surface area contributed by atoms with Gasteiger partial charge in [0.15, 0.2) is 0 Å². The lowest BCUT2D eigenvalue weighted by molar-refractivity contribution is -0.139. The van der Waals surface area contributed by atoms with Crippen molar-refractivity contribution in [2.24, 2.45) is 0 Å². The molecule has 0 bridgehead atoms. The first kappa shape index (κ1) is 14.7. The molecule has 0 aromatic heterocycles. The number of aryl methyl sites for hydroxylation is 1. The van der Waals surface area contributed by atoms with Crippen molar-refractivity contribution in [1.82, 2.24) is 15.1 Å². The first-order valence-electron chi connectivity index (χ1n) is 8.60. The standard InChI is InChI=1S/C18H23N3O2/c22-17-11-20(10-9-19-17)18(23)12-21(14-6-7-14)16-8-5-13-3-1-2-4-15(13)16/h1-4,14,16H,5-12H2,(H,19,22)/t16-/m0/s1. The zero-order valence-electron chi connectivity index (χ0n) is 13.3. The number of nitrogens with zero attached hydrogens (tertiary/aromatic N) is 2. The van der Waals surface area contributed by atoms with E-state index in [1.165, 1.54) is 24.0 Å². The van der Waals surface area contributed by atoms with Crippen molar-refractivity contribution in [3.05, 3.63) is 35.4 Å². The maximum atomic E-state index is 12.7. The quantitative estimate of drug-likeness (QED) is 0.905. The van der Waals surface area contributed by atoms with Gasteiger partial charge in [-0.05, 0) is 36.8 Å². The highest BCUT2D eigenvalue weighted by Gasteiger charge is 2.39. The maximum Gasteiger partial charge on any atom is 0.239 e. The molecule has 1 heterocycles. The number of fused-ring (bicyclic) bond motifs is 1. The minimum Gasteiger partial charge on any atom is -0.353 e. The van der Waals surface area contributed by atoms with Crippen molar-refractivity contribution in [2.45, 2.75) is 37.8 Å². The molecule has 2 fully saturated rings. The second kappa shape index (κ2) is 5.96. The number of nitrogens with one attached hydrogen (secondary N) is 1. The van der Waals surface area contributed by atoms with Crippen LogP contribution in [0.5, 0.6) is 0 Å². The van der Waals surface area contributed by atoms with Crippen molar-refractivity contribution < 1.29 is 9.59 Å². The fourth-order valence-electron chi connectivity index (χ4n) is 3.89. The monoisotopic (exact) mass is 313 g/mol. The van der Waals surface area contributed by atoms with Crippen molar-refractivity contribution in [3.8, 4) is 0 Å². The Morgan fingerprint density at radius 2 is 2.09 bits per heavy atom. The van der Waals surface area contributed by atoms with E-state index in [2.05, 4.69) is 34.5 Å². The molecule has 0 spiro atoms. The Hall–Kier alpha value is -1.88. The minimum atomic E-state index is -0.0474. The lowest BCUT2D eigenvalue weighted by atomic mass is 10.1. The van der Waals surface area contributed by atoms with Gasteiger partial charge in [0.05, 0.1) is 13.1 Å². The van der Waals surface area contributed by atoms with Gasteiger partial charge in [0.25, 0.3) is 0 Å². The lowest BCUT2D eigenvalue weighted by Gasteiger charge is -2.33. The summed E-state index contributed by atoms with van der Waals surface area (Å²) in [5, 5.41) is 2.78. The van der Waals surface area contributed by atoms with Gasteiger partial charge in [-0.3, -0.25) is 14.5 Å². The molecule has 122 valence electrons. The number of carbonyl (C=O) groups excluding carboxylic acids is 2. The number of rotatable bonds is 4. The largest absolute Gasteiger partial charge is 0.353 e. The van der Waals surface area contributed by atoms with Crippen LogP contribution in [0.25, 0.3) is 0 Å². The second-order valence-electron chi connectivity index (χ2n) is 6.82. The number of hydrogen-bond acceptors (Lipinski definition) is 3. The Morgan fingerprint density at radius 1 is 1.26 bits per heavy atom. The molecule has 1 aromatic carbocycles. The highest BCUT2D eigenvalue weighted by Crippen LogP contribution is 2.41.